The maximum atomic E-state index is 12.2. The van der Waals surface area contributed by atoms with Crippen molar-refractivity contribution in [1.82, 2.24) is 15.3 Å². The second-order valence-corrected chi connectivity index (χ2v) is 4.86. The van der Waals surface area contributed by atoms with Gasteiger partial charge in [0.05, 0.1) is 11.9 Å². The highest BCUT2D eigenvalue weighted by atomic mass is 16.4. The van der Waals surface area contributed by atoms with Gasteiger partial charge in [0.2, 0.25) is 5.71 Å². The number of nitrogens with zero attached hydrogens (tertiary/aromatic N) is 1. The van der Waals surface area contributed by atoms with Crippen LogP contribution < -0.4 is 10.9 Å². The van der Waals surface area contributed by atoms with Crippen LogP contribution in [0.5, 0.6) is 0 Å². The molecule has 0 bridgehead atoms. The molecule has 0 saturated heterocycles. The molecule has 0 saturated carbocycles. The number of hydrogen-bond acceptors (Lipinski definition) is 5. The van der Waals surface area contributed by atoms with E-state index in [1.165, 1.54) is 6.33 Å². The second-order valence-electron chi connectivity index (χ2n) is 4.86. The van der Waals surface area contributed by atoms with E-state index in [-0.39, 0.29) is 41.3 Å². The van der Waals surface area contributed by atoms with Crippen LogP contribution in [-0.4, -0.2) is 33.5 Å². The first kappa shape index (κ1) is 14.8. The lowest BCUT2D eigenvalue weighted by atomic mass is 10.1. The summed E-state index contributed by atoms with van der Waals surface area (Å²) in [7, 11) is 0. The first-order valence-electron chi connectivity index (χ1n) is 6.37. The van der Waals surface area contributed by atoms with Gasteiger partial charge in [-0.1, -0.05) is 6.92 Å². The normalized spacial score (nSPS) is 12.3. The number of nitrogens with one attached hydrogen (secondary N) is 2. The number of furan rings is 1. The predicted molar refractivity (Wildman–Crippen MR) is 73.1 cm³/mol. The quantitative estimate of drug-likeness (QED) is 0.743. The van der Waals surface area contributed by atoms with Crippen LogP contribution in [0.15, 0.2) is 15.5 Å². The summed E-state index contributed by atoms with van der Waals surface area (Å²) in [5.74, 6) is -1.34. The molecule has 0 aliphatic rings. The van der Waals surface area contributed by atoms with Gasteiger partial charge in [0.25, 0.3) is 11.5 Å². The van der Waals surface area contributed by atoms with Gasteiger partial charge >= 0.3 is 5.97 Å². The molecule has 0 radical (unpaired) electrons. The summed E-state index contributed by atoms with van der Waals surface area (Å²) in [6.45, 7) is 3.47. The summed E-state index contributed by atoms with van der Waals surface area (Å²) < 4.78 is 5.29. The average molecular weight is 293 g/mol. The molecular weight excluding hydrogens is 278 g/mol. The number of carboxylic acid groups (broad SMARTS) is 1. The van der Waals surface area contributed by atoms with Crippen molar-refractivity contribution in [2.75, 3.05) is 6.54 Å². The number of H-pyrrole nitrogens is 1. The summed E-state index contributed by atoms with van der Waals surface area (Å²) in [4.78, 5) is 40.8. The maximum absolute atomic E-state index is 12.2. The van der Waals surface area contributed by atoms with Gasteiger partial charge in [0.15, 0.2) is 0 Å². The topological polar surface area (TPSA) is 125 Å². The van der Waals surface area contributed by atoms with E-state index in [9.17, 15) is 14.4 Å². The third-order valence-electron chi connectivity index (χ3n) is 3.03. The molecule has 21 heavy (non-hydrogen) atoms. The lowest BCUT2D eigenvalue weighted by Crippen LogP contribution is -2.30. The Morgan fingerprint density at radius 3 is 2.90 bits per heavy atom. The minimum atomic E-state index is -0.928. The summed E-state index contributed by atoms with van der Waals surface area (Å²) in [5.41, 5.74) is -0.234. The highest BCUT2D eigenvalue weighted by Gasteiger charge is 2.22. The molecule has 1 atom stereocenters. The largest absolute Gasteiger partial charge is 0.481 e. The van der Waals surface area contributed by atoms with Crippen molar-refractivity contribution in [3.05, 3.63) is 28.0 Å². The van der Waals surface area contributed by atoms with Gasteiger partial charge in [-0.2, -0.15) is 0 Å². The molecule has 2 aromatic rings. The van der Waals surface area contributed by atoms with Gasteiger partial charge in [0.1, 0.15) is 11.1 Å². The standard InChI is InChI=1S/C13H15N3O5/c1-6(3-8(17)18)4-14-11(19)9-7(2)21-13-10(9)12(20)15-5-16-13/h5-6H,3-4H2,1-2H3,(H,14,19)(H,17,18)(H,15,16,20). The van der Waals surface area contributed by atoms with Crippen LogP contribution in [0.2, 0.25) is 0 Å². The van der Waals surface area contributed by atoms with Crippen LogP contribution in [0, 0.1) is 12.8 Å². The summed E-state index contributed by atoms with van der Waals surface area (Å²) >= 11 is 0. The number of aryl methyl sites for hydroxylation is 1. The van der Waals surface area contributed by atoms with Crippen molar-refractivity contribution in [3.8, 4) is 0 Å². The van der Waals surface area contributed by atoms with Crippen molar-refractivity contribution in [3.63, 3.8) is 0 Å². The van der Waals surface area contributed by atoms with Crippen LogP contribution in [0.4, 0.5) is 0 Å². The lowest BCUT2D eigenvalue weighted by molar-refractivity contribution is -0.137. The van der Waals surface area contributed by atoms with E-state index >= 15 is 0 Å². The summed E-state index contributed by atoms with van der Waals surface area (Å²) in [6.07, 6.45) is 1.15. The Morgan fingerprint density at radius 2 is 2.24 bits per heavy atom. The number of amides is 1. The van der Waals surface area contributed by atoms with E-state index in [2.05, 4.69) is 15.3 Å². The fourth-order valence-electron chi connectivity index (χ4n) is 2.05. The van der Waals surface area contributed by atoms with Gasteiger partial charge in [-0.25, -0.2) is 4.98 Å². The molecule has 8 nitrogen and oxygen atoms in total. The molecule has 112 valence electrons. The van der Waals surface area contributed by atoms with Crippen LogP contribution in [0.25, 0.3) is 11.1 Å². The third-order valence-corrected chi connectivity index (χ3v) is 3.03. The monoisotopic (exact) mass is 293 g/mol. The van der Waals surface area contributed by atoms with Crippen molar-refractivity contribution >= 4 is 23.0 Å². The van der Waals surface area contributed by atoms with Gasteiger partial charge in [0, 0.05) is 13.0 Å². The number of fused-ring (bicyclic) bond motifs is 1. The van der Waals surface area contributed by atoms with Gasteiger partial charge < -0.3 is 19.8 Å². The molecule has 3 N–H and O–H groups in total. The molecular formula is C13H15N3O5. The fourth-order valence-corrected chi connectivity index (χ4v) is 2.05. The Hall–Kier alpha value is -2.64. The smallest absolute Gasteiger partial charge is 0.303 e. The number of hydrogen-bond donors (Lipinski definition) is 3. The van der Waals surface area contributed by atoms with Gasteiger partial charge in [-0.3, -0.25) is 14.4 Å². The van der Waals surface area contributed by atoms with E-state index in [1.54, 1.807) is 13.8 Å². The number of aromatic nitrogens is 2. The Balaban J connectivity index is 2.22. The number of aliphatic carboxylic acids is 1. The molecule has 0 aliphatic heterocycles. The highest BCUT2D eigenvalue weighted by molar-refractivity contribution is 6.06. The maximum Gasteiger partial charge on any atom is 0.303 e. The summed E-state index contributed by atoms with van der Waals surface area (Å²) in [6, 6.07) is 0. The fraction of sp³-hybridized carbons (Fsp3) is 0.385. The SMILES string of the molecule is Cc1oc2nc[nH]c(=O)c2c1C(=O)NCC(C)CC(=O)O. The number of rotatable bonds is 5. The third kappa shape index (κ3) is 3.10. The Kier molecular flexibility index (Phi) is 4.06. The van der Waals surface area contributed by atoms with Crippen molar-refractivity contribution in [2.45, 2.75) is 20.3 Å². The minimum Gasteiger partial charge on any atom is -0.481 e. The molecule has 1 unspecified atom stereocenters. The molecule has 2 aromatic heterocycles. The van der Waals surface area contributed by atoms with E-state index < -0.39 is 17.4 Å². The minimum absolute atomic E-state index is 0.0481. The predicted octanol–water partition coefficient (Wildman–Crippen LogP) is 0.665. The molecule has 0 spiro atoms. The van der Waals surface area contributed by atoms with E-state index in [0.29, 0.717) is 0 Å². The molecule has 0 fully saturated rings. The highest BCUT2D eigenvalue weighted by Crippen LogP contribution is 2.20. The second kappa shape index (κ2) is 5.78. The first-order valence-corrected chi connectivity index (χ1v) is 6.37. The Morgan fingerprint density at radius 1 is 1.52 bits per heavy atom. The van der Waals surface area contributed by atoms with Crippen LogP contribution in [0.3, 0.4) is 0 Å². The number of carboxylic acids is 1. The molecule has 2 rings (SSSR count). The van der Waals surface area contributed by atoms with Crippen LogP contribution in [0.1, 0.15) is 29.5 Å². The molecule has 8 heteroatoms. The number of aromatic amines is 1. The first-order chi connectivity index (χ1) is 9.90. The van der Waals surface area contributed by atoms with Crippen molar-refractivity contribution < 1.29 is 19.1 Å². The molecule has 1 amide bonds. The average Bonchev–Trinajstić information content (AvgIpc) is 2.73. The zero-order valence-corrected chi connectivity index (χ0v) is 11.6. The zero-order chi connectivity index (χ0) is 15.6. The lowest BCUT2D eigenvalue weighted by Gasteiger charge is -2.09. The van der Waals surface area contributed by atoms with Crippen molar-refractivity contribution in [1.29, 1.82) is 0 Å². The summed E-state index contributed by atoms with van der Waals surface area (Å²) in [5, 5.41) is 11.4. The Labute approximate surface area is 119 Å². The molecule has 0 aliphatic carbocycles. The number of carbonyl (C=O) groups is 2. The van der Waals surface area contributed by atoms with E-state index in [4.69, 9.17) is 9.52 Å². The van der Waals surface area contributed by atoms with Crippen LogP contribution in [-0.2, 0) is 4.79 Å². The van der Waals surface area contributed by atoms with E-state index in [1.807, 2.05) is 0 Å². The molecule has 2 heterocycles. The number of carbonyl (C=O) groups excluding carboxylic acids is 1. The molecule has 0 aromatic carbocycles. The Bertz CT molecular complexity index is 746. The van der Waals surface area contributed by atoms with Crippen molar-refractivity contribution in [2.24, 2.45) is 5.92 Å². The zero-order valence-electron chi connectivity index (χ0n) is 11.6. The van der Waals surface area contributed by atoms with Crippen LogP contribution >= 0.6 is 0 Å². The van der Waals surface area contributed by atoms with Gasteiger partial charge in [-0.05, 0) is 12.8 Å². The van der Waals surface area contributed by atoms with E-state index in [0.717, 1.165) is 0 Å². The van der Waals surface area contributed by atoms with Gasteiger partial charge in [-0.15, -0.1) is 0 Å².